The molecule has 5 nitrogen and oxygen atoms in total. The molecule has 0 unspecified atom stereocenters. The Kier molecular flexibility index (Phi) is 4.08. The third kappa shape index (κ3) is 2.83. The minimum atomic E-state index is -0.103. The highest BCUT2D eigenvalue weighted by molar-refractivity contribution is 7.08. The summed E-state index contributed by atoms with van der Waals surface area (Å²) in [5, 5.41) is 3.76. The van der Waals surface area contributed by atoms with Crippen molar-refractivity contribution in [3.05, 3.63) is 58.3 Å². The van der Waals surface area contributed by atoms with Crippen molar-refractivity contribution < 1.29 is 14.3 Å². The van der Waals surface area contributed by atoms with Crippen LogP contribution >= 0.6 is 11.3 Å². The van der Waals surface area contributed by atoms with Gasteiger partial charge >= 0.3 is 0 Å². The lowest BCUT2D eigenvalue weighted by atomic mass is 10.1. The summed E-state index contributed by atoms with van der Waals surface area (Å²) >= 11 is 1.51. The SMILES string of the molecule is O=C(c1ccsc1)N1C[C@@H]2[C@@H](C1)OCC(=O)N2Cc1ccccc1. The number of benzene rings is 1. The molecule has 0 aliphatic carbocycles. The number of fused-ring (bicyclic) bond motifs is 1. The zero-order valence-electron chi connectivity index (χ0n) is 13.1. The third-order valence-electron chi connectivity index (χ3n) is 4.63. The van der Waals surface area contributed by atoms with E-state index >= 15 is 0 Å². The van der Waals surface area contributed by atoms with Crippen molar-refractivity contribution in [2.45, 2.75) is 18.7 Å². The largest absolute Gasteiger partial charge is 0.364 e. The maximum absolute atomic E-state index is 12.6. The summed E-state index contributed by atoms with van der Waals surface area (Å²) in [5.41, 5.74) is 1.80. The van der Waals surface area contributed by atoms with Crippen LogP contribution in [0.5, 0.6) is 0 Å². The number of amides is 2. The maximum Gasteiger partial charge on any atom is 0.254 e. The van der Waals surface area contributed by atoms with Gasteiger partial charge in [-0.3, -0.25) is 9.59 Å². The Balaban J connectivity index is 1.52. The highest BCUT2D eigenvalue weighted by Gasteiger charge is 2.44. The average molecular weight is 342 g/mol. The van der Waals surface area contributed by atoms with Crippen LogP contribution in [0.2, 0.25) is 0 Å². The number of nitrogens with zero attached hydrogens (tertiary/aromatic N) is 2. The summed E-state index contributed by atoms with van der Waals surface area (Å²) in [4.78, 5) is 28.6. The fraction of sp³-hybridized carbons (Fsp3) is 0.333. The van der Waals surface area contributed by atoms with Crippen LogP contribution in [-0.2, 0) is 16.1 Å². The van der Waals surface area contributed by atoms with Crippen molar-refractivity contribution in [1.29, 1.82) is 0 Å². The topological polar surface area (TPSA) is 49.9 Å². The molecule has 1 aromatic heterocycles. The van der Waals surface area contributed by atoms with Gasteiger partial charge in [0.25, 0.3) is 5.91 Å². The first kappa shape index (κ1) is 15.4. The second-order valence-electron chi connectivity index (χ2n) is 6.15. The van der Waals surface area contributed by atoms with Gasteiger partial charge in [-0.1, -0.05) is 30.3 Å². The van der Waals surface area contributed by atoms with Crippen molar-refractivity contribution in [2.24, 2.45) is 0 Å². The summed E-state index contributed by atoms with van der Waals surface area (Å²) < 4.78 is 5.70. The molecule has 3 heterocycles. The highest BCUT2D eigenvalue weighted by atomic mass is 32.1. The number of carbonyl (C=O) groups is 2. The lowest BCUT2D eigenvalue weighted by Gasteiger charge is -2.36. The Morgan fingerprint density at radius 3 is 2.79 bits per heavy atom. The van der Waals surface area contributed by atoms with Crippen molar-refractivity contribution in [2.75, 3.05) is 19.7 Å². The van der Waals surface area contributed by atoms with Gasteiger partial charge in [0.05, 0.1) is 17.7 Å². The fourth-order valence-corrected chi connectivity index (χ4v) is 4.02. The Bertz CT molecular complexity index is 732. The summed E-state index contributed by atoms with van der Waals surface area (Å²) in [5.74, 6) is 0.00583. The third-order valence-corrected chi connectivity index (χ3v) is 5.31. The van der Waals surface area contributed by atoms with Crippen LogP contribution in [0.3, 0.4) is 0 Å². The Labute approximate surface area is 144 Å². The van der Waals surface area contributed by atoms with Crippen molar-refractivity contribution in [3.63, 3.8) is 0 Å². The van der Waals surface area contributed by atoms with Crippen LogP contribution < -0.4 is 0 Å². The molecule has 0 bridgehead atoms. The molecule has 2 atom stereocenters. The summed E-state index contributed by atoms with van der Waals surface area (Å²) in [6, 6.07) is 11.7. The van der Waals surface area contributed by atoms with E-state index in [-0.39, 0.29) is 30.6 Å². The average Bonchev–Trinajstić information content (AvgIpc) is 3.27. The molecule has 24 heavy (non-hydrogen) atoms. The molecule has 2 aliphatic heterocycles. The molecule has 4 rings (SSSR count). The van der Waals surface area contributed by atoms with E-state index in [1.165, 1.54) is 11.3 Å². The van der Waals surface area contributed by atoms with Crippen LogP contribution in [0.4, 0.5) is 0 Å². The van der Waals surface area contributed by atoms with Gasteiger partial charge in [-0.2, -0.15) is 11.3 Å². The van der Waals surface area contributed by atoms with Gasteiger partial charge in [0, 0.05) is 25.0 Å². The van der Waals surface area contributed by atoms with Crippen LogP contribution in [0.25, 0.3) is 0 Å². The first-order valence-electron chi connectivity index (χ1n) is 7.99. The van der Waals surface area contributed by atoms with E-state index in [2.05, 4.69) is 0 Å². The Hall–Kier alpha value is -2.18. The van der Waals surface area contributed by atoms with Gasteiger partial charge in [-0.25, -0.2) is 0 Å². The first-order valence-corrected chi connectivity index (χ1v) is 8.93. The van der Waals surface area contributed by atoms with Crippen molar-refractivity contribution in [3.8, 4) is 0 Å². The van der Waals surface area contributed by atoms with Crippen LogP contribution in [0.1, 0.15) is 15.9 Å². The van der Waals surface area contributed by atoms with Gasteiger partial charge in [0.15, 0.2) is 0 Å². The predicted octanol–water partition coefficient (Wildman–Crippen LogP) is 2.00. The second-order valence-corrected chi connectivity index (χ2v) is 6.93. The Morgan fingerprint density at radius 1 is 1.21 bits per heavy atom. The summed E-state index contributed by atoms with van der Waals surface area (Å²) in [6.07, 6.45) is -0.103. The van der Waals surface area contributed by atoms with Gasteiger partial charge in [0.2, 0.25) is 5.91 Å². The summed E-state index contributed by atoms with van der Waals surface area (Å²) in [7, 11) is 0. The molecule has 2 aromatic rings. The second kappa shape index (κ2) is 6.37. The molecule has 0 saturated carbocycles. The molecule has 1 aromatic carbocycles. The van der Waals surface area contributed by atoms with E-state index in [1.54, 1.807) is 4.90 Å². The number of likely N-dealkylation sites (tertiary alicyclic amines) is 1. The molecular weight excluding hydrogens is 324 g/mol. The number of ether oxygens (including phenoxy) is 1. The van der Waals surface area contributed by atoms with E-state index in [0.29, 0.717) is 25.2 Å². The van der Waals surface area contributed by atoms with E-state index in [4.69, 9.17) is 4.74 Å². The highest BCUT2D eigenvalue weighted by Crippen LogP contribution is 2.26. The number of thiophene rings is 1. The molecule has 0 spiro atoms. The molecule has 2 fully saturated rings. The molecule has 6 heteroatoms. The van der Waals surface area contributed by atoms with Gasteiger partial charge in [0.1, 0.15) is 6.61 Å². The van der Waals surface area contributed by atoms with Crippen molar-refractivity contribution in [1.82, 2.24) is 9.80 Å². The molecule has 0 radical (unpaired) electrons. The molecule has 2 amide bonds. The number of rotatable bonds is 3. The normalized spacial score (nSPS) is 23.4. The molecule has 2 saturated heterocycles. The zero-order chi connectivity index (χ0) is 16.5. The predicted molar refractivity (Wildman–Crippen MR) is 90.7 cm³/mol. The van der Waals surface area contributed by atoms with Gasteiger partial charge in [-0.15, -0.1) is 0 Å². The molecule has 0 N–H and O–H groups in total. The van der Waals surface area contributed by atoms with Crippen LogP contribution in [0.15, 0.2) is 47.2 Å². The summed E-state index contributed by atoms with van der Waals surface area (Å²) in [6.45, 7) is 1.72. The van der Waals surface area contributed by atoms with E-state index < -0.39 is 0 Å². The zero-order valence-corrected chi connectivity index (χ0v) is 13.9. The maximum atomic E-state index is 12.6. The minimum absolute atomic E-state index is 0.00932. The van der Waals surface area contributed by atoms with Crippen LogP contribution in [-0.4, -0.2) is 53.5 Å². The first-order chi connectivity index (χ1) is 11.7. The van der Waals surface area contributed by atoms with E-state index in [0.717, 1.165) is 5.56 Å². The monoisotopic (exact) mass is 342 g/mol. The smallest absolute Gasteiger partial charge is 0.254 e. The lowest BCUT2D eigenvalue weighted by molar-refractivity contribution is -0.153. The number of hydrogen-bond acceptors (Lipinski definition) is 4. The molecule has 2 aliphatic rings. The molecular formula is C18H18N2O3S. The molecule has 124 valence electrons. The lowest BCUT2D eigenvalue weighted by Crippen LogP contribution is -2.53. The van der Waals surface area contributed by atoms with Gasteiger partial charge in [-0.05, 0) is 17.0 Å². The fourth-order valence-electron chi connectivity index (χ4n) is 3.39. The van der Waals surface area contributed by atoms with E-state index in [1.807, 2.05) is 52.1 Å². The number of morpholine rings is 1. The quantitative estimate of drug-likeness (QED) is 0.857. The standard InChI is InChI=1S/C18H18N2O3S/c21-17-11-23-16-10-19(18(22)14-6-7-24-12-14)9-15(16)20(17)8-13-4-2-1-3-5-13/h1-7,12,15-16H,8-11H2/t15-,16-/m1/s1. The van der Waals surface area contributed by atoms with Crippen molar-refractivity contribution >= 4 is 23.2 Å². The van der Waals surface area contributed by atoms with E-state index in [9.17, 15) is 9.59 Å². The van der Waals surface area contributed by atoms with Gasteiger partial charge < -0.3 is 14.5 Å². The minimum Gasteiger partial charge on any atom is -0.364 e. The Morgan fingerprint density at radius 2 is 2.04 bits per heavy atom. The number of carbonyl (C=O) groups excluding carboxylic acids is 2. The number of hydrogen-bond donors (Lipinski definition) is 0. The van der Waals surface area contributed by atoms with Crippen LogP contribution in [0, 0.1) is 0 Å².